The van der Waals surface area contributed by atoms with Crippen molar-refractivity contribution in [2.45, 2.75) is 13.8 Å². The maximum atomic E-state index is 11.7. The summed E-state index contributed by atoms with van der Waals surface area (Å²) in [4.78, 5) is 25.4. The number of hydrogen-bond acceptors (Lipinski definition) is 3. The normalized spacial score (nSPS) is 10.1. The second-order valence-corrected chi connectivity index (χ2v) is 6.03. The molecule has 6 heteroatoms. The fourth-order valence-corrected chi connectivity index (χ4v) is 2.58. The van der Waals surface area contributed by atoms with Crippen LogP contribution in [0.25, 0.3) is 0 Å². The van der Waals surface area contributed by atoms with Gasteiger partial charge in [-0.1, -0.05) is 0 Å². The zero-order chi connectivity index (χ0) is 13.0. The van der Waals surface area contributed by atoms with Crippen LogP contribution in [0.15, 0.2) is 9.85 Å². The summed E-state index contributed by atoms with van der Waals surface area (Å²) in [6, 6.07) is 1.80. The molecule has 94 valence electrons. The van der Waals surface area contributed by atoms with Crippen LogP contribution in [0.5, 0.6) is 0 Å². The largest absolute Gasteiger partial charge is 0.345 e. The summed E-state index contributed by atoms with van der Waals surface area (Å²) in [5.74, 6) is -0.296. The minimum Gasteiger partial charge on any atom is -0.345 e. The molecule has 0 saturated heterocycles. The van der Waals surface area contributed by atoms with Crippen LogP contribution in [0.1, 0.15) is 22.2 Å². The minimum absolute atomic E-state index is 0.0394. The molecule has 4 nitrogen and oxygen atoms in total. The molecule has 0 spiro atoms. The lowest BCUT2D eigenvalue weighted by Gasteiger charge is -2.14. The Labute approximate surface area is 113 Å². The minimum atomic E-state index is -0.207. The maximum absolute atomic E-state index is 11.7. The van der Waals surface area contributed by atoms with Gasteiger partial charge in [0.15, 0.2) is 0 Å². The molecule has 0 unspecified atom stereocenters. The Morgan fingerprint density at radius 2 is 2.18 bits per heavy atom. The second-order valence-electron chi connectivity index (χ2n) is 3.66. The van der Waals surface area contributed by atoms with Gasteiger partial charge >= 0.3 is 0 Å². The molecule has 1 heterocycles. The van der Waals surface area contributed by atoms with Gasteiger partial charge in [-0.15, -0.1) is 11.3 Å². The molecular weight excluding hydrogens is 304 g/mol. The number of carbonyl (C=O) groups excluding carboxylic acids is 2. The number of nitrogens with zero attached hydrogens (tertiary/aromatic N) is 1. The lowest BCUT2D eigenvalue weighted by Crippen LogP contribution is -2.37. The Balaban J connectivity index is 2.53. The summed E-state index contributed by atoms with van der Waals surface area (Å²) in [6.07, 6.45) is 0. The Morgan fingerprint density at radius 3 is 2.65 bits per heavy atom. The average Bonchev–Trinajstić information content (AvgIpc) is 2.65. The van der Waals surface area contributed by atoms with E-state index in [0.29, 0.717) is 11.4 Å². The zero-order valence-corrected chi connectivity index (χ0v) is 12.4. The molecule has 1 rings (SSSR count). The highest BCUT2D eigenvalue weighted by atomic mass is 79.9. The monoisotopic (exact) mass is 318 g/mol. The molecule has 1 aromatic heterocycles. The van der Waals surface area contributed by atoms with Gasteiger partial charge in [-0.25, -0.2) is 0 Å². The van der Waals surface area contributed by atoms with Crippen molar-refractivity contribution < 1.29 is 9.59 Å². The van der Waals surface area contributed by atoms with Gasteiger partial charge in [-0.3, -0.25) is 9.59 Å². The quantitative estimate of drug-likeness (QED) is 0.923. The standard InChI is InChI=1S/C11H15BrN2O2S/c1-4-14(3)9(15)6-13-11(16)8-5-7(2)10(12)17-8/h5H,4,6H2,1-3H3,(H,13,16). The molecular formula is C11H15BrN2O2S. The molecule has 17 heavy (non-hydrogen) atoms. The highest BCUT2D eigenvalue weighted by Gasteiger charge is 2.13. The number of halogens is 1. The third-order valence-corrected chi connectivity index (χ3v) is 4.52. The Kier molecular flexibility index (Phi) is 5.14. The van der Waals surface area contributed by atoms with E-state index in [1.165, 1.54) is 11.3 Å². The Bertz CT molecular complexity index is 412. The van der Waals surface area contributed by atoms with E-state index in [-0.39, 0.29) is 18.4 Å². The first-order chi connectivity index (χ1) is 7.95. The van der Waals surface area contributed by atoms with Crippen LogP contribution >= 0.6 is 27.3 Å². The van der Waals surface area contributed by atoms with Crippen LogP contribution < -0.4 is 5.32 Å². The van der Waals surface area contributed by atoms with E-state index in [0.717, 1.165) is 9.35 Å². The van der Waals surface area contributed by atoms with Gasteiger partial charge in [0.25, 0.3) is 5.91 Å². The van der Waals surface area contributed by atoms with Crippen LogP contribution in [0.2, 0.25) is 0 Å². The molecule has 2 amide bonds. The molecule has 0 saturated carbocycles. The van der Waals surface area contributed by atoms with Gasteiger partial charge in [-0.05, 0) is 41.4 Å². The summed E-state index contributed by atoms with van der Waals surface area (Å²) < 4.78 is 0.944. The molecule has 0 aromatic carbocycles. The van der Waals surface area contributed by atoms with Crippen molar-refractivity contribution >= 4 is 39.1 Å². The van der Waals surface area contributed by atoms with Crippen molar-refractivity contribution in [2.24, 2.45) is 0 Å². The Morgan fingerprint density at radius 1 is 1.53 bits per heavy atom. The van der Waals surface area contributed by atoms with E-state index >= 15 is 0 Å². The summed E-state index contributed by atoms with van der Waals surface area (Å²) in [5, 5.41) is 2.61. The summed E-state index contributed by atoms with van der Waals surface area (Å²) in [5.41, 5.74) is 1.03. The number of likely N-dealkylation sites (N-methyl/N-ethyl adjacent to an activating group) is 1. The Hall–Kier alpha value is -0.880. The van der Waals surface area contributed by atoms with E-state index in [1.807, 2.05) is 13.8 Å². The van der Waals surface area contributed by atoms with Crippen molar-refractivity contribution in [1.82, 2.24) is 10.2 Å². The van der Waals surface area contributed by atoms with Crippen LogP contribution in [0, 0.1) is 6.92 Å². The van der Waals surface area contributed by atoms with Crippen LogP contribution in [0.3, 0.4) is 0 Å². The van der Waals surface area contributed by atoms with Crippen molar-refractivity contribution in [2.75, 3.05) is 20.1 Å². The van der Waals surface area contributed by atoms with Crippen molar-refractivity contribution in [3.63, 3.8) is 0 Å². The van der Waals surface area contributed by atoms with E-state index in [2.05, 4.69) is 21.2 Å². The van der Waals surface area contributed by atoms with Gasteiger partial charge in [-0.2, -0.15) is 0 Å². The highest BCUT2D eigenvalue weighted by Crippen LogP contribution is 2.27. The molecule has 1 N–H and O–H groups in total. The molecule has 0 aliphatic carbocycles. The first-order valence-electron chi connectivity index (χ1n) is 5.23. The van der Waals surface area contributed by atoms with Crippen LogP contribution in [0.4, 0.5) is 0 Å². The predicted molar refractivity (Wildman–Crippen MR) is 72.4 cm³/mol. The second kappa shape index (κ2) is 6.16. The molecule has 0 radical (unpaired) electrons. The zero-order valence-electron chi connectivity index (χ0n) is 10.0. The fraction of sp³-hybridized carbons (Fsp3) is 0.455. The van der Waals surface area contributed by atoms with Crippen molar-refractivity contribution in [1.29, 1.82) is 0 Å². The smallest absolute Gasteiger partial charge is 0.261 e. The third-order valence-electron chi connectivity index (χ3n) is 2.38. The van der Waals surface area contributed by atoms with E-state index in [4.69, 9.17) is 0 Å². The van der Waals surface area contributed by atoms with E-state index in [1.54, 1.807) is 18.0 Å². The molecule has 0 aliphatic rings. The van der Waals surface area contributed by atoms with Gasteiger partial charge in [0.1, 0.15) is 0 Å². The number of rotatable bonds is 4. The average molecular weight is 319 g/mol. The van der Waals surface area contributed by atoms with E-state index in [9.17, 15) is 9.59 Å². The molecule has 1 aromatic rings. The highest BCUT2D eigenvalue weighted by molar-refractivity contribution is 9.11. The maximum Gasteiger partial charge on any atom is 0.261 e. The lowest BCUT2D eigenvalue weighted by atomic mass is 10.3. The molecule has 0 fully saturated rings. The first kappa shape index (κ1) is 14.2. The van der Waals surface area contributed by atoms with Crippen LogP contribution in [-0.4, -0.2) is 36.9 Å². The lowest BCUT2D eigenvalue weighted by molar-refractivity contribution is -0.128. The number of nitrogens with one attached hydrogen (secondary N) is 1. The topological polar surface area (TPSA) is 49.4 Å². The summed E-state index contributed by atoms with van der Waals surface area (Å²) in [6.45, 7) is 4.49. The number of aryl methyl sites for hydroxylation is 1. The van der Waals surface area contributed by atoms with E-state index < -0.39 is 0 Å². The number of amides is 2. The third kappa shape index (κ3) is 3.81. The number of thiophene rings is 1. The summed E-state index contributed by atoms with van der Waals surface area (Å²) in [7, 11) is 1.71. The SMILES string of the molecule is CCN(C)C(=O)CNC(=O)c1cc(C)c(Br)s1. The molecule has 0 atom stereocenters. The molecule has 0 bridgehead atoms. The van der Waals surface area contributed by atoms with Gasteiger partial charge in [0.2, 0.25) is 5.91 Å². The summed E-state index contributed by atoms with van der Waals surface area (Å²) >= 11 is 4.73. The van der Waals surface area contributed by atoms with Crippen LogP contribution in [-0.2, 0) is 4.79 Å². The molecule has 0 aliphatic heterocycles. The van der Waals surface area contributed by atoms with Gasteiger partial charge in [0.05, 0.1) is 15.2 Å². The predicted octanol–water partition coefficient (Wildman–Crippen LogP) is 2.03. The first-order valence-corrected chi connectivity index (χ1v) is 6.84. The number of carbonyl (C=O) groups is 2. The number of hydrogen-bond donors (Lipinski definition) is 1. The van der Waals surface area contributed by atoms with Gasteiger partial charge in [0, 0.05) is 13.6 Å². The van der Waals surface area contributed by atoms with Gasteiger partial charge < -0.3 is 10.2 Å². The van der Waals surface area contributed by atoms with Crippen molar-refractivity contribution in [3.8, 4) is 0 Å². The van der Waals surface area contributed by atoms with Crippen molar-refractivity contribution in [3.05, 3.63) is 20.3 Å². The fourth-order valence-electron chi connectivity index (χ4n) is 1.13.